The topological polar surface area (TPSA) is 94.2 Å². The van der Waals surface area contributed by atoms with Crippen LogP contribution in [0.25, 0.3) is 0 Å². The van der Waals surface area contributed by atoms with Crippen LogP contribution < -0.4 is 5.69 Å². The number of nitrogens with zero attached hydrogens (tertiary/aromatic N) is 2. The molecule has 2 heterocycles. The van der Waals surface area contributed by atoms with Crippen LogP contribution in [0.1, 0.15) is 24.2 Å². The molecule has 23 heavy (non-hydrogen) atoms. The van der Waals surface area contributed by atoms with E-state index in [1.165, 1.54) is 0 Å². The molecule has 0 radical (unpaired) electrons. The molecule has 1 fully saturated rings. The second-order valence-electron chi connectivity index (χ2n) is 6.09. The van der Waals surface area contributed by atoms with Gasteiger partial charge in [0.2, 0.25) is 0 Å². The van der Waals surface area contributed by atoms with Gasteiger partial charge in [0.15, 0.2) is 0 Å². The van der Waals surface area contributed by atoms with E-state index >= 15 is 0 Å². The van der Waals surface area contributed by atoms with Gasteiger partial charge in [-0.05, 0) is 5.56 Å². The Morgan fingerprint density at radius 1 is 1.22 bits per heavy atom. The standard InChI is InChI=1S/C16H22N4O3/c21-15-17-14(18-19-15)11-20(10-13-4-2-1-3-5-13)12-16(22)6-8-23-9-7-16/h1-5,22H,6-12H2,(H2,17,18,19,21). The van der Waals surface area contributed by atoms with Crippen molar-refractivity contribution in [2.24, 2.45) is 0 Å². The lowest BCUT2D eigenvalue weighted by atomic mass is 9.93. The summed E-state index contributed by atoms with van der Waals surface area (Å²) in [5, 5.41) is 17.1. The van der Waals surface area contributed by atoms with Crippen molar-refractivity contribution in [3.05, 3.63) is 52.2 Å². The zero-order chi connectivity index (χ0) is 16.1. The first-order valence-electron chi connectivity index (χ1n) is 7.83. The smallest absolute Gasteiger partial charge is 0.340 e. The van der Waals surface area contributed by atoms with E-state index in [1.54, 1.807) is 0 Å². The third kappa shape index (κ3) is 4.51. The number of benzene rings is 1. The van der Waals surface area contributed by atoms with Gasteiger partial charge in [-0.2, -0.15) is 5.10 Å². The van der Waals surface area contributed by atoms with E-state index in [0.29, 0.717) is 51.5 Å². The molecule has 0 bridgehead atoms. The molecule has 0 saturated carbocycles. The molecule has 3 N–H and O–H groups in total. The number of hydrogen-bond acceptors (Lipinski definition) is 5. The van der Waals surface area contributed by atoms with Gasteiger partial charge in [-0.15, -0.1) is 0 Å². The summed E-state index contributed by atoms with van der Waals surface area (Å²) in [5.74, 6) is 0.571. The minimum Gasteiger partial charge on any atom is -0.388 e. The molecular weight excluding hydrogens is 296 g/mol. The van der Waals surface area contributed by atoms with Crippen molar-refractivity contribution in [3.8, 4) is 0 Å². The van der Waals surface area contributed by atoms with Gasteiger partial charge in [-0.25, -0.2) is 9.89 Å². The number of rotatable bonds is 6. The van der Waals surface area contributed by atoms with Crippen molar-refractivity contribution in [2.75, 3.05) is 19.8 Å². The van der Waals surface area contributed by atoms with Crippen LogP contribution in [-0.2, 0) is 17.8 Å². The molecule has 1 aliphatic heterocycles. The monoisotopic (exact) mass is 318 g/mol. The molecular formula is C16H22N4O3. The van der Waals surface area contributed by atoms with Crippen molar-refractivity contribution in [1.82, 2.24) is 20.1 Å². The summed E-state index contributed by atoms with van der Waals surface area (Å²) in [4.78, 5) is 16.0. The van der Waals surface area contributed by atoms with Gasteiger partial charge in [0.1, 0.15) is 5.82 Å². The van der Waals surface area contributed by atoms with Crippen molar-refractivity contribution >= 4 is 0 Å². The fourth-order valence-corrected chi connectivity index (χ4v) is 2.93. The van der Waals surface area contributed by atoms with E-state index in [9.17, 15) is 9.90 Å². The Balaban J connectivity index is 1.73. The molecule has 124 valence electrons. The highest BCUT2D eigenvalue weighted by molar-refractivity contribution is 5.14. The fraction of sp³-hybridized carbons (Fsp3) is 0.500. The van der Waals surface area contributed by atoms with Crippen LogP contribution in [0.3, 0.4) is 0 Å². The van der Waals surface area contributed by atoms with E-state index in [2.05, 4.69) is 20.1 Å². The molecule has 0 unspecified atom stereocenters. The number of hydrogen-bond donors (Lipinski definition) is 3. The maximum Gasteiger partial charge on any atom is 0.340 e. The Labute approximate surface area is 134 Å². The number of aliphatic hydroxyl groups is 1. The third-order valence-electron chi connectivity index (χ3n) is 4.11. The predicted octanol–water partition coefficient (Wildman–Crippen LogP) is 0.642. The number of nitrogens with one attached hydrogen (secondary N) is 2. The van der Waals surface area contributed by atoms with E-state index in [4.69, 9.17) is 4.74 Å². The summed E-state index contributed by atoms with van der Waals surface area (Å²) >= 11 is 0. The van der Waals surface area contributed by atoms with Gasteiger partial charge in [0, 0.05) is 39.1 Å². The quantitative estimate of drug-likeness (QED) is 0.727. The molecule has 0 aliphatic carbocycles. The molecule has 7 nitrogen and oxygen atoms in total. The second kappa shape index (κ2) is 7.08. The average molecular weight is 318 g/mol. The van der Waals surface area contributed by atoms with Crippen LogP contribution in [0.4, 0.5) is 0 Å². The van der Waals surface area contributed by atoms with Crippen molar-refractivity contribution in [1.29, 1.82) is 0 Å². The zero-order valence-corrected chi connectivity index (χ0v) is 13.0. The minimum atomic E-state index is -0.760. The first kappa shape index (κ1) is 15.9. The highest BCUT2D eigenvalue weighted by Gasteiger charge is 2.32. The molecule has 0 spiro atoms. The molecule has 1 saturated heterocycles. The van der Waals surface area contributed by atoms with Crippen LogP contribution in [0, 0.1) is 0 Å². The first-order valence-corrected chi connectivity index (χ1v) is 7.83. The van der Waals surface area contributed by atoms with Gasteiger partial charge in [0.05, 0.1) is 12.1 Å². The van der Waals surface area contributed by atoms with Crippen LogP contribution >= 0.6 is 0 Å². The maximum atomic E-state index is 11.2. The summed E-state index contributed by atoms with van der Waals surface area (Å²) in [7, 11) is 0. The van der Waals surface area contributed by atoms with Gasteiger partial charge < -0.3 is 9.84 Å². The fourth-order valence-electron chi connectivity index (χ4n) is 2.93. The molecule has 0 atom stereocenters. The van der Waals surface area contributed by atoms with E-state index < -0.39 is 5.60 Å². The first-order chi connectivity index (χ1) is 11.1. The lowest BCUT2D eigenvalue weighted by Crippen LogP contribution is -2.46. The highest BCUT2D eigenvalue weighted by Crippen LogP contribution is 2.23. The summed E-state index contributed by atoms with van der Waals surface area (Å²) < 4.78 is 5.34. The van der Waals surface area contributed by atoms with Crippen LogP contribution in [0.2, 0.25) is 0 Å². The molecule has 0 amide bonds. The third-order valence-corrected chi connectivity index (χ3v) is 4.11. The molecule has 1 aromatic heterocycles. The van der Waals surface area contributed by atoms with Gasteiger partial charge in [-0.1, -0.05) is 30.3 Å². The van der Waals surface area contributed by atoms with Crippen LogP contribution in [0.5, 0.6) is 0 Å². The second-order valence-corrected chi connectivity index (χ2v) is 6.09. The molecule has 7 heteroatoms. The number of ether oxygens (including phenoxy) is 1. The van der Waals surface area contributed by atoms with Crippen molar-refractivity contribution < 1.29 is 9.84 Å². The summed E-state index contributed by atoms with van der Waals surface area (Å²) in [6.45, 7) is 2.82. The van der Waals surface area contributed by atoms with Gasteiger partial charge >= 0.3 is 5.69 Å². The lowest BCUT2D eigenvalue weighted by Gasteiger charge is -2.36. The van der Waals surface area contributed by atoms with Crippen LogP contribution in [-0.4, -0.2) is 50.5 Å². The summed E-state index contributed by atoms with van der Waals surface area (Å²) in [5.41, 5.74) is 0.0781. The Kier molecular flexibility index (Phi) is 4.90. The van der Waals surface area contributed by atoms with E-state index in [-0.39, 0.29) is 5.69 Å². The maximum absolute atomic E-state index is 11.2. The predicted molar refractivity (Wildman–Crippen MR) is 84.8 cm³/mol. The Morgan fingerprint density at radius 3 is 2.61 bits per heavy atom. The van der Waals surface area contributed by atoms with E-state index in [0.717, 1.165) is 5.56 Å². The summed E-state index contributed by atoms with van der Waals surface area (Å²) in [6.07, 6.45) is 1.24. The zero-order valence-electron chi connectivity index (χ0n) is 13.0. The van der Waals surface area contributed by atoms with E-state index in [1.807, 2.05) is 30.3 Å². The van der Waals surface area contributed by atoms with Crippen molar-refractivity contribution in [2.45, 2.75) is 31.5 Å². The largest absolute Gasteiger partial charge is 0.388 e. The lowest BCUT2D eigenvalue weighted by molar-refractivity contribution is -0.0823. The molecule has 3 rings (SSSR count). The average Bonchev–Trinajstić information content (AvgIpc) is 2.93. The number of H-pyrrole nitrogens is 2. The number of aromatic amines is 2. The Bertz CT molecular complexity index is 661. The highest BCUT2D eigenvalue weighted by atomic mass is 16.5. The molecule has 1 aromatic carbocycles. The summed E-state index contributed by atoms with van der Waals surface area (Å²) in [6, 6.07) is 10.1. The Morgan fingerprint density at radius 2 is 1.96 bits per heavy atom. The number of aromatic nitrogens is 3. The van der Waals surface area contributed by atoms with Gasteiger partial charge in [-0.3, -0.25) is 9.88 Å². The van der Waals surface area contributed by atoms with Gasteiger partial charge in [0.25, 0.3) is 0 Å². The molecule has 2 aromatic rings. The normalized spacial score (nSPS) is 17.5. The SMILES string of the molecule is O=c1[nH]nc(CN(Cc2ccccc2)CC2(O)CCOCC2)[nH]1. The van der Waals surface area contributed by atoms with Crippen LogP contribution in [0.15, 0.2) is 35.1 Å². The van der Waals surface area contributed by atoms with Crippen molar-refractivity contribution in [3.63, 3.8) is 0 Å². The molecule has 1 aliphatic rings. The Hall–Kier alpha value is -1.96. The minimum absolute atomic E-state index is 0.315.